The third kappa shape index (κ3) is 1.65. The van der Waals surface area contributed by atoms with E-state index in [1.807, 2.05) is 30.3 Å². The lowest BCUT2D eigenvalue weighted by atomic mass is 9.85. The summed E-state index contributed by atoms with van der Waals surface area (Å²) in [5.74, 6) is 0.204. The number of allylic oxidation sites excluding steroid dienone is 2. The molecular formula is C21H15NO2S. The molecule has 0 radical (unpaired) electrons. The summed E-state index contributed by atoms with van der Waals surface area (Å²) < 4.78 is 2.42. The Balaban J connectivity index is 1.50. The van der Waals surface area contributed by atoms with Gasteiger partial charge in [-0.15, -0.1) is 11.3 Å². The van der Waals surface area contributed by atoms with Gasteiger partial charge < -0.3 is 0 Å². The van der Waals surface area contributed by atoms with Crippen molar-refractivity contribution < 1.29 is 9.59 Å². The van der Waals surface area contributed by atoms with E-state index in [1.165, 1.54) is 19.7 Å². The fourth-order valence-corrected chi connectivity index (χ4v) is 6.10. The second-order valence-corrected chi connectivity index (χ2v) is 8.37. The standard InChI is InChI=1S/C21H15NO2S/c23-20-18-11-5-6-12(9-11)19(18)21(24)22(20)13-7-8-17-15(10-13)14-3-1-2-4-16(14)25-17/h1-8,10-12,18-19H,9H2. The number of carbonyl (C=O) groups excluding carboxylic acids is 2. The van der Waals surface area contributed by atoms with E-state index in [2.05, 4.69) is 24.3 Å². The number of imide groups is 1. The number of amides is 2. The van der Waals surface area contributed by atoms with Crippen LogP contribution in [0.15, 0.2) is 54.6 Å². The molecule has 2 heterocycles. The Labute approximate surface area is 148 Å². The monoisotopic (exact) mass is 345 g/mol. The predicted octanol–water partition coefficient (Wildman–Crippen LogP) is 4.37. The molecule has 3 aliphatic rings. The molecule has 0 spiro atoms. The van der Waals surface area contributed by atoms with E-state index in [1.54, 1.807) is 11.3 Å². The van der Waals surface area contributed by atoms with Crippen molar-refractivity contribution in [3.8, 4) is 0 Å². The maximum Gasteiger partial charge on any atom is 0.238 e. The number of hydrogen-bond donors (Lipinski definition) is 0. The van der Waals surface area contributed by atoms with E-state index in [4.69, 9.17) is 0 Å². The summed E-state index contributed by atoms with van der Waals surface area (Å²) in [5.41, 5.74) is 0.722. The lowest BCUT2D eigenvalue weighted by Crippen LogP contribution is -2.32. The Kier molecular flexibility index (Phi) is 2.53. The van der Waals surface area contributed by atoms with Crippen LogP contribution in [0.3, 0.4) is 0 Å². The van der Waals surface area contributed by atoms with Crippen molar-refractivity contribution in [3.05, 3.63) is 54.6 Å². The van der Waals surface area contributed by atoms with Crippen LogP contribution in [0, 0.1) is 23.7 Å². The maximum atomic E-state index is 13.0. The van der Waals surface area contributed by atoms with Gasteiger partial charge in [0, 0.05) is 20.2 Å². The van der Waals surface area contributed by atoms with Crippen LogP contribution in [0.5, 0.6) is 0 Å². The first-order valence-corrected chi connectivity index (χ1v) is 9.51. The molecule has 6 rings (SSSR count). The normalized spacial score (nSPS) is 30.2. The summed E-state index contributed by atoms with van der Waals surface area (Å²) in [4.78, 5) is 27.5. The average Bonchev–Trinajstić information content (AvgIpc) is 3.37. The summed E-state index contributed by atoms with van der Waals surface area (Å²) >= 11 is 1.74. The zero-order valence-corrected chi connectivity index (χ0v) is 14.2. The first-order valence-electron chi connectivity index (χ1n) is 8.70. The number of fused-ring (bicyclic) bond motifs is 8. The fourth-order valence-electron chi connectivity index (χ4n) is 5.01. The molecule has 1 saturated carbocycles. The maximum absolute atomic E-state index is 13.0. The summed E-state index contributed by atoms with van der Waals surface area (Å²) in [5, 5.41) is 2.31. The first-order chi connectivity index (χ1) is 12.2. The SMILES string of the molecule is O=C1C2C3C=CC(C3)C2C(=O)N1c1ccc2sc3ccccc3c2c1. The van der Waals surface area contributed by atoms with E-state index in [0.29, 0.717) is 0 Å². The number of rotatable bonds is 1. The molecule has 0 N–H and O–H groups in total. The van der Waals surface area contributed by atoms with Gasteiger partial charge in [0.05, 0.1) is 17.5 Å². The third-order valence-corrected chi connectivity index (χ3v) is 7.24. The van der Waals surface area contributed by atoms with Crippen LogP contribution in [0.2, 0.25) is 0 Å². The zero-order chi connectivity index (χ0) is 16.7. The molecule has 2 aliphatic carbocycles. The van der Waals surface area contributed by atoms with Crippen LogP contribution in [-0.4, -0.2) is 11.8 Å². The van der Waals surface area contributed by atoms with E-state index < -0.39 is 0 Å². The Morgan fingerprint density at radius 2 is 1.52 bits per heavy atom. The molecule has 4 atom stereocenters. The summed E-state index contributed by atoms with van der Waals surface area (Å²) in [7, 11) is 0. The van der Waals surface area contributed by atoms with Gasteiger partial charge in [-0.2, -0.15) is 0 Å². The van der Waals surface area contributed by atoms with E-state index in [9.17, 15) is 9.59 Å². The molecule has 25 heavy (non-hydrogen) atoms. The van der Waals surface area contributed by atoms with Gasteiger partial charge in [-0.05, 0) is 42.5 Å². The molecule has 1 saturated heterocycles. The largest absolute Gasteiger partial charge is 0.274 e. The minimum absolute atomic E-state index is 0.00858. The van der Waals surface area contributed by atoms with E-state index in [-0.39, 0.29) is 35.5 Å². The molecule has 3 nitrogen and oxygen atoms in total. The molecule has 2 aromatic carbocycles. The van der Waals surface area contributed by atoms with Gasteiger partial charge in [0.1, 0.15) is 0 Å². The number of thiophene rings is 1. The van der Waals surface area contributed by atoms with Gasteiger partial charge in [0.25, 0.3) is 0 Å². The molecule has 2 fully saturated rings. The van der Waals surface area contributed by atoms with E-state index >= 15 is 0 Å². The lowest BCUT2D eigenvalue weighted by molar-refractivity contribution is -0.123. The van der Waals surface area contributed by atoms with Crippen molar-refractivity contribution in [2.75, 3.05) is 4.90 Å². The fraction of sp³-hybridized carbons (Fsp3) is 0.238. The second kappa shape index (κ2) is 4.58. The van der Waals surface area contributed by atoms with Gasteiger partial charge in [0.15, 0.2) is 0 Å². The summed E-state index contributed by atoms with van der Waals surface area (Å²) in [6.07, 6.45) is 5.24. The van der Waals surface area contributed by atoms with Crippen molar-refractivity contribution >= 4 is 49.0 Å². The van der Waals surface area contributed by atoms with Crippen LogP contribution in [0.4, 0.5) is 5.69 Å². The molecule has 1 aliphatic heterocycles. The van der Waals surface area contributed by atoms with E-state index in [0.717, 1.165) is 17.5 Å². The number of benzene rings is 2. The van der Waals surface area contributed by atoms with Crippen LogP contribution >= 0.6 is 11.3 Å². The summed E-state index contributed by atoms with van der Waals surface area (Å²) in [6.45, 7) is 0. The number of hydrogen-bond acceptors (Lipinski definition) is 3. The molecule has 3 aromatic rings. The minimum atomic E-state index is -0.141. The Morgan fingerprint density at radius 1 is 0.840 bits per heavy atom. The highest BCUT2D eigenvalue weighted by Gasteiger charge is 2.59. The van der Waals surface area contributed by atoms with Crippen LogP contribution < -0.4 is 4.90 Å². The average molecular weight is 345 g/mol. The highest BCUT2D eigenvalue weighted by Crippen LogP contribution is 2.53. The van der Waals surface area contributed by atoms with Crippen LogP contribution in [-0.2, 0) is 9.59 Å². The molecular weight excluding hydrogens is 330 g/mol. The van der Waals surface area contributed by atoms with Gasteiger partial charge in [-0.1, -0.05) is 30.4 Å². The molecule has 2 amide bonds. The minimum Gasteiger partial charge on any atom is -0.274 e. The lowest BCUT2D eigenvalue weighted by Gasteiger charge is -2.17. The molecule has 122 valence electrons. The smallest absolute Gasteiger partial charge is 0.238 e. The van der Waals surface area contributed by atoms with Gasteiger partial charge in [-0.3, -0.25) is 9.59 Å². The Bertz CT molecular complexity index is 1080. The third-order valence-electron chi connectivity index (χ3n) is 6.09. The van der Waals surface area contributed by atoms with Crippen molar-refractivity contribution in [3.63, 3.8) is 0 Å². The van der Waals surface area contributed by atoms with Crippen molar-refractivity contribution in [2.45, 2.75) is 6.42 Å². The molecule has 2 bridgehead atoms. The molecule has 4 heteroatoms. The van der Waals surface area contributed by atoms with Gasteiger partial charge >= 0.3 is 0 Å². The van der Waals surface area contributed by atoms with Gasteiger partial charge in [-0.25, -0.2) is 4.90 Å². The highest BCUT2D eigenvalue weighted by atomic mass is 32.1. The second-order valence-electron chi connectivity index (χ2n) is 7.29. The molecule has 4 unspecified atom stereocenters. The topological polar surface area (TPSA) is 37.4 Å². The predicted molar refractivity (Wildman–Crippen MR) is 99.5 cm³/mol. The molecule has 1 aromatic heterocycles. The Hall–Kier alpha value is -2.46. The number of nitrogens with zero attached hydrogens (tertiary/aromatic N) is 1. The van der Waals surface area contributed by atoms with Crippen LogP contribution in [0.1, 0.15) is 6.42 Å². The first kappa shape index (κ1) is 13.8. The highest BCUT2D eigenvalue weighted by molar-refractivity contribution is 7.25. The number of carbonyl (C=O) groups is 2. The Morgan fingerprint density at radius 3 is 2.28 bits per heavy atom. The number of anilines is 1. The van der Waals surface area contributed by atoms with Crippen LogP contribution in [0.25, 0.3) is 20.2 Å². The quantitative estimate of drug-likeness (QED) is 0.485. The zero-order valence-electron chi connectivity index (χ0n) is 13.4. The van der Waals surface area contributed by atoms with Crippen molar-refractivity contribution in [2.24, 2.45) is 23.7 Å². The van der Waals surface area contributed by atoms with Gasteiger partial charge in [0.2, 0.25) is 11.8 Å². The summed E-state index contributed by atoms with van der Waals surface area (Å²) in [6, 6.07) is 14.3. The van der Waals surface area contributed by atoms with Crippen molar-refractivity contribution in [1.29, 1.82) is 0 Å². The van der Waals surface area contributed by atoms with Crippen molar-refractivity contribution in [1.82, 2.24) is 0 Å².